The second kappa shape index (κ2) is 6.10. The molecule has 0 fully saturated rings. The molecule has 0 saturated carbocycles. The van der Waals surface area contributed by atoms with Gasteiger partial charge in [-0.3, -0.25) is 0 Å². The van der Waals surface area contributed by atoms with Crippen LogP contribution in [0.2, 0.25) is 0 Å². The fourth-order valence-electron chi connectivity index (χ4n) is 1.81. The van der Waals surface area contributed by atoms with Gasteiger partial charge in [-0.25, -0.2) is 0 Å². The number of ether oxygens (including phenoxy) is 2. The number of hydrogen-bond acceptors (Lipinski definition) is 2. The Morgan fingerprint density at radius 1 is 0.833 bits per heavy atom. The van der Waals surface area contributed by atoms with Gasteiger partial charge in [0.25, 0.3) is 0 Å². The third kappa shape index (κ3) is 3.04. The van der Waals surface area contributed by atoms with Crippen LogP contribution in [-0.2, 0) is 6.42 Å². The van der Waals surface area contributed by atoms with Crippen LogP contribution in [0.1, 0.15) is 18.1 Å². The van der Waals surface area contributed by atoms with Gasteiger partial charge in [-0.15, -0.1) is 0 Å². The van der Waals surface area contributed by atoms with Crippen molar-refractivity contribution in [3.05, 3.63) is 59.7 Å². The van der Waals surface area contributed by atoms with Gasteiger partial charge in [-0.2, -0.15) is 0 Å². The predicted molar refractivity (Wildman–Crippen MR) is 73.1 cm³/mol. The molecule has 0 aliphatic carbocycles. The highest BCUT2D eigenvalue weighted by atomic mass is 16.7. The number of rotatable bonds is 5. The molecule has 2 rings (SSSR count). The van der Waals surface area contributed by atoms with Gasteiger partial charge in [-0.05, 0) is 36.6 Å². The Hall–Kier alpha value is -1.96. The van der Waals surface area contributed by atoms with Crippen molar-refractivity contribution >= 4 is 0 Å². The summed E-state index contributed by atoms with van der Waals surface area (Å²) >= 11 is 0. The molecule has 0 aromatic heterocycles. The van der Waals surface area contributed by atoms with Crippen LogP contribution in [0.15, 0.2) is 48.5 Å². The van der Waals surface area contributed by atoms with Crippen LogP contribution in [-0.4, -0.2) is 6.79 Å². The Kier molecular flexibility index (Phi) is 4.24. The summed E-state index contributed by atoms with van der Waals surface area (Å²) in [5, 5.41) is 0. The van der Waals surface area contributed by atoms with Crippen molar-refractivity contribution in [2.75, 3.05) is 6.79 Å². The van der Waals surface area contributed by atoms with Gasteiger partial charge in [0.05, 0.1) is 0 Å². The number of benzene rings is 2. The third-order valence-corrected chi connectivity index (χ3v) is 2.88. The smallest absolute Gasteiger partial charge is 0.230 e. The number of para-hydroxylation sites is 2. The van der Waals surface area contributed by atoms with Gasteiger partial charge in [0.1, 0.15) is 11.5 Å². The van der Waals surface area contributed by atoms with Crippen molar-refractivity contribution in [2.45, 2.75) is 20.3 Å². The van der Waals surface area contributed by atoms with E-state index < -0.39 is 0 Å². The van der Waals surface area contributed by atoms with Crippen LogP contribution in [0.5, 0.6) is 11.5 Å². The monoisotopic (exact) mass is 242 g/mol. The van der Waals surface area contributed by atoms with Crippen molar-refractivity contribution < 1.29 is 9.47 Å². The van der Waals surface area contributed by atoms with Gasteiger partial charge < -0.3 is 9.47 Å². The van der Waals surface area contributed by atoms with Crippen LogP contribution >= 0.6 is 0 Å². The molecule has 0 spiro atoms. The van der Waals surface area contributed by atoms with Crippen LogP contribution < -0.4 is 9.47 Å². The molecule has 0 radical (unpaired) electrons. The summed E-state index contributed by atoms with van der Waals surface area (Å²) < 4.78 is 11.3. The summed E-state index contributed by atoms with van der Waals surface area (Å²) in [5.74, 6) is 1.76. The average Bonchev–Trinajstić information content (AvgIpc) is 2.41. The van der Waals surface area contributed by atoms with E-state index in [1.807, 2.05) is 49.4 Å². The Bertz CT molecular complexity index is 506. The summed E-state index contributed by atoms with van der Waals surface area (Å²) in [6.07, 6.45) is 0.959. The first-order valence-electron chi connectivity index (χ1n) is 6.20. The Morgan fingerprint density at radius 3 is 2.17 bits per heavy atom. The van der Waals surface area contributed by atoms with E-state index in [0.29, 0.717) is 0 Å². The van der Waals surface area contributed by atoms with E-state index >= 15 is 0 Å². The SMILES string of the molecule is CCc1ccccc1OCOc1ccccc1C. The highest BCUT2D eigenvalue weighted by Gasteiger charge is 2.01. The van der Waals surface area contributed by atoms with Crippen molar-refractivity contribution in [1.82, 2.24) is 0 Å². The zero-order valence-corrected chi connectivity index (χ0v) is 10.8. The Morgan fingerprint density at radius 2 is 1.44 bits per heavy atom. The second-order valence-corrected chi connectivity index (χ2v) is 4.13. The molecule has 0 aliphatic heterocycles. The highest BCUT2D eigenvalue weighted by molar-refractivity contribution is 5.33. The lowest BCUT2D eigenvalue weighted by Gasteiger charge is -2.12. The maximum Gasteiger partial charge on any atom is 0.230 e. The molecule has 94 valence electrons. The first kappa shape index (κ1) is 12.5. The van der Waals surface area contributed by atoms with Crippen LogP contribution in [0.4, 0.5) is 0 Å². The van der Waals surface area contributed by atoms with Crippen molar-refractivity contribution in [3.63, 3.8) is 0 Å². The molecule has 0 aliphatic rings. The van der Waals surface area contributed by atoms with Gasteiger partial charge in [0.2, 0.25) is 6.79 Å². The molecule has 0 saturated heterocycles. The van der Waals surface area contributed by atoms with E-state index in [4.69, 9.17) is 9.47 Å². The lowest BCUT2D eigenvalue weighted by atomic mass is 10.1. The molecule has 2 aromatic carbocycles. The number of hydrogen-bond donors (Lipinski definition) is 0. The predicted octanol–water partition coefficient (Wildman–Crippen LogP) is 3.97. The topological polar surface area (TPSA) is 18.5 Å². The van der Waals surface area contributed by atoms with Crippen LogP contribution in [0.25, 0.3) is 0 Å². The summed E-state index contributed by atoms with van der Waals surface area (Å²) in [6, 6.07) is 16.0. The lowest BCUT2D eigenvalue weighted by Crippen LogP contribution is -2.07. The maximum absolute atomic E-state index is 5.66. The minimum atomic E-state index is 0.238. The number of aryl methyl sites for hydroxylation is 2. The van der Waals surface area contributed by atoms with Crippen LogP contribution in [0, 0.1) is 6.92 Å². The van der Waals surface area contributed by atoms with Gasteiger partial charge >= 0.3 is 0 Å². The van der Waals surface area contributed by atoms with Gasteiger partial charge in [0.15, 0.2) is 0 Å². The maximum atomic E-state index is 5.66. The third-order valence-electron chi connectivity index (χ3n) is 2.88. The summed E-state index contributed by atoms with van der Waals surface area (Å²) in [7, 11) is 0. The molecule has 2 heteroatoms. The molecule has 2 nitrogen and oxygen atoms in total. The van der Waals surface area contributed by atoms with E-state index in [0.717, 1.165) is 23.5 Å². The molecule has 0 atom stereocenters. The highest BCUT2D eigenvalue weighted by Crippen LogP contribution is 2.20. The quantitative estimate of drug-likeness (QED) is 0.738. The molecule has 18 heavy (non-hydrogen) atoms. The molecular weight excluding hydrogens is 224 g/mol. The van der Waals surface area contributed by atoms with E-state index in [-0.39, 0.29) is 6.79 Å². The average molecular weight is 242 g/mol. The molecule has 2 aromatic rings. The summed E-state index contributed by atoms with van der Waals surface area (Å²) in [6.45, 7) is 4.38. The molecule has 0 bridgehead atoms. The fourth-order valence-corrected chi connectivity index (χ4v) is 1.81. The van der Waals surface area contributed by atoms with Gasteiger partial charge in [-0.1, -0.05) is 43.3 Å². The first-order valence-corrected chi connectivity index (χ1v) is 6.20. The summed E-state index contributed by atoms with van der Waals surface area (Å²) in [4.78, 5) is 0. The lowest BCUT2D eigenvalue weighted by molar-refractivity contribution is 0.118. The largest absolute Gasteiger partial charge is 0.457 e. The minimum absolute atomic E-state index is 0.238. The van der Waals surface area contributed by atoms with E-state index in [9.17, 15) is 0 Å². The zero-order valence-electron chi connectivity index (χ0n) is 10.8. The first-order chi connectivity index (χ1) is 8.81. The van der Waals surface area contributed by atoms with Gasteiger partial charge in [0, 0.05) is 0 Å². The molecule has 0 N–H and O–H groups in total. The van der Waals surface area contributed by atoms with Crippen LogP contribution in [0.3, 0.4) is 0 Å². The Labute approximate surface area is 108 Å². The molecule has 0 unspecified atom stereocenters. The standard InChI is InChI=1S/C16H18O2/c1-3-14-9-5-7-11-16(14)18-12-17-15-10-6-4-8-13(15)2/h4-11H,3,12H2,1-2H3. The van der Waals surface area contributed by atoms with Crippen molar-refractivity contribution in [2.24, 2.45) is 0 Å². The second-order valence-electron chi connectivity index (χ2n) is 4.13. The van der Waals surface area contributed by atoms with Crippen molar-refractivity contribution in [3.8, 4) is 11.5 Å². The minimum Gasteiger partial charge on any atom is -0.457 e. The Balaban J connectivity index is 1.95. The normalized spacial score (nSPS) is 10.1. The van der Waals surface area contributed by atoms with E-state index in [1.165, 1.54) is 5.56 Å². The zero-order chi connectivity index (χ0) is 12.8. The molecule has 0 heterocycles. The molecular formula is C16H18O2. The van der Waals surface area contributed by atoms with Crippen molar-refractivity contribution in [1.29, 1.82) is 0 Å². The fraction of sp³-hybridized carbons (Fsp3) is 0.250. The summed E-state index contributed by atoms with van der Waals surface area (Å²) in [5.41, 5.74) is 2.32. The van der Waals surface area contributed by atoms with E-state index in [2.05, 4.69) is 13.0 Å². The van der Waals surface area contributed by atoms with E-state index in [1.54, 1.807) is 0 Å². The molecule has 0 amide bonds.